The molecule has 1 unspecified atom stereocenters. The smallest absolute Gasteiger partial charge is 0.329 e. The average Bonchev–Trinajstić information content (AvgIpc) is 2.33. The third kappa shape index (κ3) is 3.45. The summed E-state index contributed by atoms with van der Waals surface area (Å²) < 4.78 is 10.0. The predicted molar refractivity (Wildman–Crippen MR) is 64.2 cm³/mol. The number of carboxylic acid groups (broad SMARTS) is 1. The first-order chi connectivity index (χ1) is 9.06. The summed E-state index contributed by atoms with van der Waals surface area (Å²) in [6.07, 6.45) is 0.758. The van der Waals surface area contributed by atoms with Crippen LogP contribution in [-0.4, -0.2) is 35.4 Å². The van der Waals surface area contributed by atoms with E-state index in [4.69, 9.17) is 14.6 Å². The van der Waals surface area contributed by atoms with E-state index >= 15 is 0 Å². The van der Waals surface area contributed by atoms with Gasteiger partial charge in [0.25, 0.3) is 0 Å². The molecule has 19 heavy (non-hydrogen) atoms. The highest BCUT2D eigenvalue weighted by Crippen LogP contribution is 2.38. The molecule has 0 aliphatic carbocycles. The van der Waals surface area contributed by atoms with Crippen LogP contribution < -0.4 is 4.74 Å². The standard InChI is InChI=1S/C13H14O6/c14-9-1-2-10-8(3-4-18-7-12(15)16)5-13(17)19-11(10)6-9/h1-2,6,8,14H,3-5,7H2,(H,15,16). The van der Waals surface area contributed by atoms with E-state index in [1.165, 1.54) is 12.1 Å². The van der Waals surface area contributed by atoms with Gasteiger partial charge >= 0.3 is 11.9 Å². The number of hydrogen-bond donors (Lipinski definition) is 2. The molecule has 0 saturated carbocycles. The number of phenolic OH excluding ortho intramolecular Hbond substituents is 1. The quantitative estimate of drug-likeness (QED) is 0.473. The Morgan fingerprint density at radius 3 is 3.00 bits per heavy atom. The number of carboxylic acids is 1. The van der Waals surface area contributed by atoms with Crippen LogP contribution >= 0.6 is 0 Å². The van der Waals surface area contributed by atoms with Crippen molar-refractivity contribution in [3.05, 3.63) is 23.8 Å². The minimum absolute atomic E-state index is 0.0364. The van der Waals surface area contributed by atoms with Crippen molar-refractivity contribution in [2.45, 2.75) is 18.8 Å². The summed E-state index contributed by atoms with van der Waals surface area (Å²) in [5, 5.41) is 17.8. The molecule has 6 heteroatoms. The third-order valence-corrected chi connectivity index (χ3v) is 2.91. The first-order valence-corrected chi connectivity index (χ1v) is 5.89. The summed E-state index contributed by atoms with van der Waals surface area (Å²) in [5.74, 6) is -1.06. The van der Waals surface area contributed by atoms with E-state index in [9.17, 15) is 14.7 Å². The molecule has 0 radical (unpaired) electrons. The normalized spacial score (nSPS) is 17.7. The summed E-state index contributed by atoms with van der Waals surface area (Å²) in [4.78, 5) is 21.8. The molecule has 0 spiro atoms. The van der Waals surface area contributed by atoms with Crippen molar-refractivity contribution in [1.29, 1.82) is 0 Å². The lowest BCUT2D eigenvalue weighted by Crippen LogP contribution is -2.21. The monoisotopic (exact) mass is 266 g/mol. The first kappa shape index (κ1) is 13.4. The number of phenols is 1. The fraction of sp³-hybridized carbons (Fsp3) is 0.385. The summed E-state index contributed by atoms with van der Waals surface area (Å²) in [5.41, 5.74) is 0.830. The molecular formula is C13H14O6. The van der Waals surface area contributed by atoms with Gasteiger partial charge in [0.05, 0.1) is 6.42 Å². The summed E-state index contributed by atoms with van der Waals surface area (Å²) in [6.45, 7) is -0.0931. The van der Waals surface area contributed by atoms with Crippen molar-refractivity contribution in [2.24, 2.45) is 0 Å². The lowest BCUT2D eigenvalue weighted by Gasteiger charge is -2.24. The van der Waals surface area contributed by atoms with Gasteiger partial charge in [-0.05, 0) is 18.1 Å². The highest BCUT2D eigenvalue weighted by Gasteiger charge is 2.27. The molecule has 0 saturated heterocycles. The lowest BCUT2D eigenvalue weighted by molar-refractivity contribution is -0.142. The Morgan fingerprint density at radius 2 is 2.26 bits per heavy atom. The second kappa shape index (κ2) is 5.71. The molecule has 1 aromatic carbocycles. The number of benzene rings is 1. The van der Waals surface area contributed by atoms with Crippen LogP contribution in [0.15, 0.2) is 18.2 Å². The number of carbonyl (C=O) groups excluding carboxylic acids is 1. The van der Waals surface area contributed by atoms with Gasteiger partial charge in [0.2, 0.25) is 0 Å². The van der Waals surface area contributed by atoms with E-state index < -0.39 is 5.97 Å². The number of esters is 1. The molecule has 102 valence electrons. The Kier molecular flexibility index (Phi) is 4.01. The fourth-order valence-corrected chi connectivity index (χ4v) is 2.07. The van der Waals surface area contributed by atoms with Crippen molar-refractivity contribution < 1.29 is 29.3 Å². The van der Waals surface area contributed by atoms with Crippen molar-refractivity contribution in [3.63, 3.8) is 0 Å². The van der Waals surface area contributed by atoms with E-state index in [2.05, 4.69) is 0 Å². The molecule has 1 atom stereocenters. The Bertz CT molecular complexity index is 496. The molecule has 1 aliphatic rings. The third-order valence-electron chi connectivity index (χ3n) is 2.91. The average molecular weight is 266 g/mol. The molecule has 1 aromatic rings. The van der Waals surface area contributed by atoms with Crippen molar-refractivity contribution >= 4 is 11.9 Å². The summed E-state index contributed by atoms with van der Waals surface area (Å²) in [7, 11) is 0. The molecule has 0 fully saturated rings. The van der Waals surface area contributed by atoms with E-state index in [1.54, 1.807) is 6.07 Å². The molecule has 1 aliphatic heterocycles. The zero-order valence-corrected chi connectivity index (χ0v) is 10.2. The van der Waals surface area contributed by atoms with Crippen LogP contribution in [0.3, 0.4) is 0 Å². The van der Waals surface area contributed by atoms with Crippen LogP contribution in [0.2, 0.25) is 0 Å². The van der Waals surface area contributed by atoms with Crippen LogP contribution in [-0.2, 0) is 14.3 Å². The highest BCUT2D eigenvalue weighted by atomic mass is 16.5. The number of hydrogen-bond acceptors (Lipinski definition) is 5. The SMILES string of the molecule is O=C(O)COCCC1CC(=O)Oc2cc(O)ccc21. The second-order valence-electron chi connectivity index (χ2n) is 4.33. The van der Waals surface area contributed by atoms with Gasteiger partial charge in [-0.15, -0.1) is 0 Å². The van der Waals surface area contributed by atoms with Gasteiger partial charge in [0, 0.05) is 18.6 Å². The second-order valence-corrected chi connectivity index (χ2v) is 4.33. The summed E-state index contributed by atoms with van der Waals surface area (Å²) >= 11 is 0. The molecule has 1 heterocycles. The van der Waals surface area contributed by atoms with Gasteiger partial charge in [-0.2, -0.15) is 0 Å². The van der Waals surface area contributed by atoms with E-state index in [0.717, 1.165) is 5.56 Å². The predicted octanol–water partition coefficient (Wildman–Crippen LogP) is 1.28. The largest absolute Gasteiger partial charge is 0.508 e. The zero-order valence-electron chi connectivity index (χ0n) is 10.2. The number of aliphatic carboxylic acids is 1. The van der Waals surface area contributed by atoms with Gasteiger partial charge in [-0.1, -0.05) is 6.07 Å². The van der Waals surface area contributed by atoms with E-state index in [0.29, 0.717) is 12.2 Å². The zero-order chi connectivity index (χ0) is 13.8. The van der Waals surface area contributed by atoms with E-state index in [-0.39, 0.29) is 37.3 Å². The summed E-state index contributed by atoms with van der Waals surface area (Å²) in [6, 6.07) is 4.64. The van der Waals surface area contributed by atoms with Crippen LogP contribution in [0.4, 0.5) is 0 Å². The van der Waals surface area contributed by atoms with Crippen molar-refractivity contribution in [3.8, 4) is 11.5 Å². The number of carbonyl (C=O) groups is 2. The fourth-order valence-electron chi connectivity index (χ4n) is 2.07. The Balaban J connectivity index is 2.02. The highest BCUT2D eigenvalue weighted by molar-refractivity contribution is 5.76. The number of fused-ring (bicyclic) bond motifs is 1. The maximum Gasteiger partial charge on any atom is 0.329 e. The topological polar surface area (TPSA) is 93.1 Å². The van der Waals surface area contributed by atoms with Gasteiger partial charge < -0.3 is 19.7 Å². The van der Waals surface area contributed by atoms with Crippen molar-refractivity contribution in [2.75, 3.05) is 13.2 Å². The molecule has 0 amide bonds. The van der Waals surface area contributed by atoms with Gasteiger partial charge in [0.1, 0.15) is 18.1 Å². The maximum atomic E-state index is 11.4. The Labute approximate surface area is 109 Å². The molecular weight excluding hydrogens is 252 g/mol. The molecule has 0 bridgehead atoms. The lowest BCUT2D eigenvalue weighted by atomic mass is 9.90. The molecule has 0 aromatic heterocycles. The molecule has 2 N–H and O–H groups in total. The minimum atomic E-state index is -1.02. The van der Waals surface area contributed by atoms with Crippen molar-refractivity contribution in [1.82, 2.24) is 0 Å². The number of rotatable bonds is 5. The Hall–Kier alpha value is -2.08. The maximum absolute atomic E-state index is 11.4. The van der Waals surface area contributed by atoms with Crippen LogP contribution in [0, 0.1) is 0 Å². The minimum Gasteiger partial charge on any atom is -0.508 e. The molecule has 6 nitrogen and oxygen atoms in total. The van der Waals surface area contributed by atoms with Gasteiger partial charge in [0.15, 0.2) is 0 Å². The van der Waals surface area contributed by atoms with E-state index in [1.807, 2.05) is 0 Å². The van der Waals surface area contributed by atoms with Crippen LogP contribution in [0.1, 0.15) is 24.3 Å². The van der Waals surface area contributed by atoms with Gasteiger partial charge in [-0.25, -0.2) is 4.79 Å². The van der Waals surface area contributed by atoms with Crippen LogP contribution in [0.5, 0.6) is 11.5 Å². The first-order valence-electron chi connectivity index (χ1n) is 5.89. The Morgan fingerprint density at radius 1 is 1.47 bits per heavy atom. The number of aromatic hydroxyl groups is 1. The number of ether oxygens (including phenoxy) is 2. The van der Waals surface area contributed by atoms with Gasteiger partial charge in [-0.3, -0.25) is 4.79 Å². The molecule has 2 rings (SSSR count). The van der Waals surface area contributed by atoms with Crippen LogP contribution in [0.25, 0.3) is 0 Å².